The Morgan fingerprint density at radius 2 is 1.94 bits per heavy atom. The Morgan fingerprint density at radius 1 is 1.16 bits per heavy atom. The van der Waals surface area contributed by atoms with Crippen molar-refractivity contribution in [3.8, 4) is 5.75 Å². The number of rotatable bonds is 3. The Morgan fingerprint density at radius 3 is 2.66 bits per heavy atom. The van der Waals surface area contributed by atoms with Crippen LogP contribution >= 0.6 is 23.2 Å². The minimum absolute atomic E-state index is 0.0368. The van der Waals surface area contributed by atoms with E-state index in [-0.39, 0.29) is 23.4 Å². The third-order valence-electron chi connectivity index (χ3n) is 6.22. The van der Waals surface area contributed by atoms with E-state index in [2.05, 4.69) is 4.98 Å². The summed E-state index contributed by atoms with van der Waals surface area (Å²) < 4.78 is 0. The van der Waals surface area contributed by atoms with E-state index in [9.17, 15) is 14.7 Å². The van der Waals surface area contributed by atoms with Gasteiger partial charge in [0.15, 0.2) is 5.78 Å². The van der Waals surface area contributed by atoms with Gasteiger partial charge in [-0.2, -0.15) is 0 Å². The number of aromatic hydroxyl groups is 1. The molecule has 1 amide bonds. The van der Waals surface area contributed by atoms with E-state index in [0.717, 1.165) is 27.4 Å². The molecule has 0 bridgehead atoms. The number of H-pyrrole nitrogens is 1. The molecule has 3 aromatic carbocycles. The van der Waals surface area contributed by atoms with E-state index in [4.69, 9.17) is 23.2 Å². The second-order valence-electron chi connectivity index (χ2n) is 8.22. The molecule has 0 fully saturated rings. The Balaban J connectivity index is 1.65. The maximum absolute atomic E-state index is 13.6. The number of nitrogens with one attached hydrogen (secondary N) is 1. The largest absolute Gasteiger partial charge is 0.507 e. The highest BCUT2D eigenvalue weighted by Gasteiger charge is 2.39. The normalized spacial score (nSPS) is 15.7. The number of fused-ring (bicyclic) bond motifs is 4. The summed E-state index contributed by atoms with van der Waals surface area (Å²) in [7, 11) is 0. The fourth-order valence-corrected chi connectivity index (χ4v) is 5.06. The maximum atomic E-state index is 13.6. The number of benzene rings is 3. The number of ketones is 1. The van der Waals surface area contributed by atoms with Crippen molar-refractivity contribution < 1.29 is 14.7 Å². The lowest BCUT2D eigenvalue weighted by atomic mass is 9.92. The second-order valence-corrected chi connectivity index (χ2v) is 9.39. The molecule has 7 heteroatoms. The van der Waals surface area contributed by atoms with Crippen LogP contribution < -0.4 is 4.90 Å². The van der Waals surface area contributed by atoms with Gasteiger partial charge < -0.3 is 15.0 Å². The summed E-state index contributed by atoms with van der Waals surface area (Å²) in [6, 6.07) is 14.3. The van der Waals surface area contributed by atoms with Crippen LogP contribution in [0.1, 0.15) is 44.8 Å². The molecule has 4 aromatic rings. The van der Waals surface area contributed by atoms with Crippen LogP contribution in [0.5, 0.6) is 5.75 Å². The molecule has 5 rings (SSSR count). The van der Waals surface area contributed by atoms with Gasteiger partial charge in [-0.1, -0.05) is 18.2 Å². The van der Waals surface area contributed by atoms with Crippen LogP contribution in [-0.2, 0) is 0 Å². The zero-order valence-corrected chi connectivity index (χ0v) is 19.0. The van der Waals surface area contributed by atoms with E-state index < -0.39 is 4.84 Å². The number of phenolic OH excluding ortho intramolecular Hbond substituents is 1. The van der Waals surface area contributed by atoms with Crippen molar-refractivity contribution in [3.63, 3.8) is 0 Å². The summed E-state index contributed by atoms with van der Waals surface area (Å²) >= 11 is 12.7. The molecule has 2 N–H and O–H groups in total. The highest BCUT2D eigenvalue weighted by atomic mass is 35.5. The first-order chi connectivity index (χ1) is 15.3. The lowest BCUT2D eigenvalue weighted by molar-refractivity contribution is 0.0982. The molecule has 0 saturated heterocycles. The monoisotopic (exact) mass is 466 g/mol. The molecule has 2 heterocycles. The van der Waals surface area contributed by atoms with E-state index in [1.54, 1.807) is 35.2 Å². The van der Waals surface area contributed by atoms with Crippen LogP contribution in [0.25, 0.3) is 21.7 Å². The molecule has 0 spiro atoms. The number of phenols is 1. The second kappa shape index (κ2) is 7.54. The lowest BCUT2D eigenvalue weighted by Crippen LogP contribution is -2.31. The number of aromatic nitrogens is 1. The SMILES string of the molecule is CC(=O)c1ccc2[nH]c(C(=O)N3C[C@@H](C(Cl)Cl)c4c3cc(O)c3cccc(C)c43)cc2c1. The molecule has 1 aliphatic rings. The molecule has 5 nitrogen and oxygen atoms in total. The number of amides is 1. The third kappa shape index (κ3) is 3.15. The van der Waals surface area contributed by atoms with Crippen molar-refractivity contribution in [2.24, 2.45) is 0 Å². The number of anilines is 1. The van der Waals surface area contributed by atoms with Gasteiger partial charge in [-0.05, 0) is 54.6 Å². The number of hydrogen-bond donors (Lipinski definition) is 2. The highest BCUT2D eigenvalue weighted by Crippen LogP contribution is 2.48. The number of halogens is 2. The Bertz CT molecular complexity index is 1420. The number of nitrogens with zero attached hydrogens (tertiary/aromatic N) is 1. The third-order valence-corrected chi connectivity index (χ3v) is 6.82. The summed E-state index contributed by atoms with van der Waals surface area (Å²) in [5, 5.41) is 13.1. The zero-order chi connectivity index (χ0) is 22.7. The number of aryl methyl sites for hydroxylation is 1. The van der Waals surface area contributed by atoms with Crippen LogP contribution in [0, 0.1) is 6.92 Å². The molecule has 0 unspecified atom stereocenters. The van der Waals surface area contributed by atoms with Gasteiger partial charge in [0.25, 0.3) is 5.91 Å². The summed E-state index contributed by atoms with van der Waals surface area (Å²) in [4.78, 5) is 29.3. The van der Waals surface area contributed by atoms with Crippen molar-refractivity contribution in [3.05, 3.63) is 70.9 Å². The number of carbonyl (C=O) groups excluding carboxylic acids is 2. The number of aromatic amines is 1. The first-order valence-corrected chi connectivity index (χ1v) is 11.1. The van der Waals surface area contributed by atoms with E-state index >= 15 is 0 Å². The van der Waals surface area contributed by atoms with Crippen LogP contribution in [0.3, 0.4) is 0 Å². The van der Waals surface area contributed by atoms with Gasteiger partial charge in [-0.25, -0.2) is 0 Å². The van der Waals surface area contributed by atoms with Gasteiger partial charge in [0.2, 0.25) is 0 Å². The van der Waals surface area contributed by atoms with Crippen molar-refractivity contribution in [1.29, 1.82) is 0 Å². The average Bonchev–Trinajstić information content (AvgIpc) is 3.34. The Hall–Kier alpha value is -3.02. The predicted molar refractivity (Wildman–Crippen MR) is 129 cm³/mol. The molecule has 32 heavy (non-hydrogen) atoms. The standard InChI is InChI=1S/C25H20Cl2N2O3/c1-12-4-3-5-16-21(31)10-20-23(22(12)16)17(24(26)27)11-29(20)25(32)19-9-15-8-14(13(2)30)6-7-18(15)28-19/h3-10,17,24,28,31H,11H2,1-2H3/t17-/m1/s1. The number of hydrogen-bond acceptors (Lipinski definition) is 3. The zero-order valence-electron chi connectivity index (χ0n) is 17.4. The highest BCUT2D eigenvalue weighted by molar-refractivity contribution is 6.45. The number of alkyl halides is 2. The van der Waals surface area contributed by atoms with Crippen LogP contribution in [0.4, 0.5) is 5.69 Å². The summed E-state index contributed by atoms with van der Waals surface area (Å²) in [6.45, 7) is 3.77. The van der Waals surface area contributed by atoms with Crippen molar-refractivity contribution in [2.45, 2.75) is 24.6 Å². The van der Waals surface area contributed by atoms with E-state index in [1.165, 1.54) is 6.92 Å². The van der Waals surface area contributed by atoms with Gasteiger partial charge in [0.1, 0.15) is 16.3 Å². The summed E-state index contributed by atoms with van der Waals surface area (Å²) in [5.41, 5.74) is 4.19. The number of Topliss-reactive ketones (excluding diaryl/α,β-unsaturated/α-hetero) is 1. The van der Waals surface area contributed by atoms with Gasteiger partial charge >= 0.3 is 0 Å². The molecule has 162 valence electrons. The van der Waals surface area contributed by atoms with Gasteiger partial charge in [-0.15, -0.1) is 23.2 Å². The van der Waals surface area contributed by atoms with Crippen molar-refractivity contribution in [1.82, 2.24) is 4.98 Å². The summed E-state index contributed by atoms with van der Waals surface area (Å²) in [5.74, 6) is -0.486. The molecule has 0 radical (unpaired) electrons. The van der Waals surface area contributed by atoms with Crippen LogP contribution in [0.2, 0.25) is 0 Å². The fraction of sp³-hybridized carbons (Fsp3) is 0.200. The Kier molecular flexibility index (Phi) is 4.91. The fourth-order valence-electron chi connectivity index (χ4n) is 4.65. The van der Waals surface area contributed by atoms with Gasteiger partial charge in [-0.3, -0.25) is 9.59 Å². The van der Waals surface area contributed by atoms with Gasteiger partial charge in [0.05, 0.1) is 5.69 Å². The quantitative estimate of drug-likeness (QED) is 0.283. The summed E-state index contributed by atoms with van der Waals surface area (Å²) in [6.07, 6.45) is 0. The molecular formula is C25H20Cl2N2O3. The first kappa shape index (κ1) is 20.9. The van der Waals surface area contributed by atoms with Crippen LogP contribution in [-0.4, -0.2) is 33.2 Å². The average molecular weight is 467 g/mol. The maximum Gasteiger partial charge on any atom is 0.274 e. The van der Waals surface area contributed by atoms with Gasteiger partial charge in [0, 0.05) is 40.4 Å². The smallest absolute Gasteiger partial charge is 0.274 e. The predicted octanol–water partition coefficient (Wildman–Crippen LogP) is 6.09. The minimum atomic E-state index is -0.722. The van der Waals surface area contributed by atoms with Crippen molar-refractivity contribution in [2.75, 3.05) is 11.4 Å². The molecule has 1 aromatic heterocycles. The van der Waals surface area contributed by atoms with E-state index in [0.29, 0.717) is 28.9 Å². The lowest BCUT2D eigenvalue weighted by Gasteiger charge is -2.18. The topological polar surface area (TPSA) is 73.4 Å². The molecule has 0 saturated carbocycles. The first-order valence-electron chi connectivity index (χ1n) is 10.2. The van der Waals surface area contributed by atoms with Crippen molar-refractivity contribution >= 4 is 62.3 Å². The van der Waals surface area contributed by atoms with Crippen LogP contribution in [0.15, 0.2) is 48.5 Å². The van der Waals surface area contributed by atoms with E-state index in [1.807, 2.05) is 25.1 Å². The Labute approximate surface area is 194 Å². The molecule has 1 aliphatic heterocycles. The minimum Gasteiger partial charge on any atom is -0.507 e. The molecular weight excluding hydrogens is 447 g/mol. The molecule has 1 atom stereocenters. The molecule has 0 aliphatic carbocycles. The number of carbonyl (C=O) groups is 2.